The molecule has 1 fully saturated rings. The van der Waals surface area contributed by atoms with Crippen LogP contribution in [-0.2, 0) is 0 Å². The van der Waals surface area contributed by atoms with E-state index in [1.165, 1.54) is 18.2 Å². The van der Waals surface area contributed by atoms with Crippen LogP contribution >= 0.6 is 0 Å². The van der Waals surface area contributed by atoms with Gasteiger partial charge in [0.1, 0.15) is 5.75 Å². The van der Waals surface area contributed by atoms with Crippen molar-refractivity contribution < 1.29 is 22.7 Å². The van der Waals surface area contributed by atoms with E-state index in [2.05, 4.69) is 15.4 Å². The number of halogens is 3. The lowest BCUT2D eigenvalue weighted by atomic mass is 9.93. The lowest BCUT2D eigenvalue weighted by Crippen LogP contribution is -2.18. The predicted molar refractivity (Wildman–Crippen MR) is 87.7 cm³/mol. The lowest BCUT2D eigenvalue weighted by Gasteiger charge is -2.15. The summed E-state index contributed by atoms with van der Waals surface area (Å²) in [6.45, 7) is 1.71. The maximum atomic E-state index is 12.6. The van der Waals surface area contributed by atoms with Crippen molar-refractivity contribution in [2.75, 3.05) is 18.4 Å². The second-order valence-electron chi connectivity index (χ2n) is 5.81. The van der Waals surface area contributed by atoms with Crippen LogP contribution in [0.3, 0.4) is 0 Å². The van der Waals surface area contributed by atoms with Crippen LogP contribution < -0.4 is 15.4 Å². The first kappa shape index (κ1) is 17.3. The molecule has 0 bridgehead atoms. The van der Waals surface area contributed by atoms with Gasteiger partial charge in [-0.2, -0.15) is 0 Å². The molecule has 1 saturated heterocycles. The Hall–Kier alpha value is -2.54. The van der Waals surface area contributed by atoms with Crippen molar-refractivity contribution in [3.8, 4) is 5.75 Å². The van der Waals surface area contributed by atoms with Crippen molar-refractivity contribution in [1.29, 1.82) is 0 Å². The van der Waals surface area contributed by atoms with Gasteiger partial charge in [0, 0.05) is 23.9 Å². The maximum absolute atomic E-state index is 12.6. The van der Waals surface area contributed by atoms with Crippen molar-refractivity contribution in [2.45, 2.75) is 18.7 Å². The molecular weight excluding hydrogens is 333 g/mol. The standard InChI is InChI=1S/C18H17F3N2O2/c19-18(20,21)25-14-5-3-4-13(10-14)23-17(24)16-7-2-1-6-15(16)12-8-9-22-11-12/h1-7,10,12,22H,8-9,11H2,(H,23,24). The second-order valence-corrected chi connectivity index (χ2v) is 5.81. The highest BCUT2D eigenvalue weighted by atomic mass is 19.4. The van der Waals surface area contributed by atoms with Gasteiger partial charge >= 0.3 is 6.36 Å². The molecule has 1 aliphatic heterocycles. The van der Waals surface area contributed by atoms with E-state index < -0.39 is 6.36 Å². The highest BCUT2D eigenvalue weighted by Crippen LogP contribution is 2.28. The van der Waals surface area contributed by atoms with Gasteiger partial charge in [-0.3, -0.25) is 4.79 Å². The quantitative estimate of drug-likeness (QED) is 0.879. The third-order valence-electron chi connectivity index (χ3n) is 4.03. The molecule has 1 amide bonds. The second kappa shape index (κ2) is 7.14. The Morgan fingerprint density at radius 3 is 2.68 bits per heavy atom. The normalized spacial score (nSPS) is 17.3. The summed E-state index contributed by atoms with van der Waals surface area (Å²) in [5, 5.41) is 5.90. The fourth-order valence-corrected chi connectivity index (χ4v) is 2.95. The number of rotatable bonds is 4. The Morgan fingerprint density at radius 2 is 1.96 bits per heavy atom. The third kappa shape index (κ3) is 4.51. The fraction of sp³-hybridized carbons (Fsp3) is 0.278. The largest absolute Gasteiger partial charge is 0.573 e. The summed E-state index contributed by atoms with van der Waals surface area (Å²) < 4.78 is 40.8. The van der Waals surface area contributed by atoms with Gasteiger partial charge in [0.15, 0.2) is 0 Å². The molecule has 4 nitrogen and oxygen atoms in total. The monoisotopic (exact) mass is 350 g/mol. The molecule has 7 heteroatoms. The number of carbonyl (C=O) groups excluding carboxylic acids is 1. The van der Waals surface area contributed by atoms with Gasteiger partial charge in [0.05, 0.1) is 0 Å². The number of amides is 1. The molecule has 0 aromatic heterocycles. The average molecular weight is 350 g/mol. The molecule has 3 rings (SSSR count). The molecule has 2 aromatic carbocycles. The van der Waals surface area contributed by atoms with Crippen LogP contribution in [0, 0.1) is 0 Å². The number of hydrogen-bond donors (Lipinski definition) is 2. The molecule has 0 saturated carbocycles. The van der Waals surface area contributed by atoms with Crippen LogP contribution in [0.4, 0.5) is 18.9 Å². The van der Waals surface area contributed by atoms with Crippen molar-refractivity contribution in [2.24, 2.45) is 0 Å². The number of alkyl halides is 3. The molecule has 25 heavy (non-hydrogen) atoms. The minimum absolute atomic E-state index is 0.242. The SMILES string of the molecule is O=C(Nc1cccc(OC(F)(F)F)c1)c1ccccc1C1CCNC1. The molecule has 132 valence electrons. The Bertz CT molecular complexity index is 756. The van der Waals surface area contributed by atoms with Gasteiger partial charge in [0.2, 0.25) is 0 Å². The lowest BCUT2D eigenvalue weighted by molar-refractivity contribution is -0.274. The third-order valence-corrected chi connectivity index (χ3v) is 4.03. The van der Waals surface area contributed by atoms with Gasteiger partial charge in [0.25, 0.3) is 5.91 Å². The van der Waals surface area contributed by atoms with E-state index in [0.717, 1.165) is 31.1 Å². The zero-order valence-corrected chi connectivity index (χ0v) is 13.3. The molecule has 1 atom stereocenters. The Morgan fingerprint density at radius 1 is 1.16 bits per heavy atom. The van der Waals surface area contributed by atoms with E-state index in [4.69, 9.17) is 0 Å². The first-order valence-electron chi connectivity index (χ1n) is 7.89. The summed E-state index contributed by atoms with van der Waals surface area (Å²) in [5.41, 5.74) is 1.71. The number of ether oxygens (including phenoxy) is 1. The topological polar surface area (TPSA) is 50.4 Å². The molecule has 1 aliphatic rings. The molecule has 0 aliphatic carbocycles. The van der Waals surface area contributed by atoms with Crippen LogP contribution in [-0.4, -0.2) is 25.4 Å². The van der Waals surface area contributed by atoms with E-state index >= 15 is 0 Å². The number of nitrogens with one attached hydrogen (secondary N) is 2. The molecule has 0 radical (unpaired) electrons. The van der Waals surface area contributed by atoms with Crippen LogP contribution in [0.25, 0.3) is 0 Å². The van der Waals surface area contributed by atoms with E-state index in [1.54, 1.807) is 12.1 Å². The summed E-state index contributed by atoms with van der Waals surface area (Å²) in [4.78, 5) is 12.6. The Labute approximate surface area is 143 Å². The molecular formula is C18H17F3N2O2. The summed E-state index contributed by atoms with van der Waals surface area (Å²) in [5.74, 6) is -0.480. The summed E-state index contributed by atoms with van der Waals surface area (Å²) >= 11 is 0. The highest BCUT2D eigenvalue weighted by Gasteiger charge is 2.31. The minimum Gasteiger partial charge on any atom is -0.406 e. The van der Waals surface area contributed by atoms with E-state index in [1.807, 2.05) is 12.1 Å². The zero-order valence-electron chi connectivity index (χ0n) is 13.3. The van der Waals surface area contributed by atoms with Gasteiger partial charge in [-0.05, 0) is 42.6 Å². The highest BCUT2D eigenvalue weighted by molar-refractivity contribution is 6.05. The van der Waals surface area contributed by atoms with Crippen LogP contribution in [0.1, 0.15) is 28.3 Å². The molecule has 2 N–H and O–H groups in total. The first-order chi connectivity index (χ1) is 11.9. The fourth-order valence-electron chi connectivity index (χ4n) is 2.95. The molecule has 2 aromatic rings. The summed E-state index contributed by atoms with van der Waals surface area (Å²) in [6.07, 6.45) is -3.83. The Balaban J connectivity index is 1.78. The van der Waals surface area contributed by atoms with Gasteiger partial charge in [-0.25, -0.2) is 0 Å². The molecule has 1 heterocycles. The maximum Gasteiger partial charge on any atom is 0.573 e. The first-order valence-corrected chi connectivity index (χ1v) is 7.89. The van der Waals surface area contributed by atoms with E-state index in [-0.39, 0.29) is 23.3 Å². The predicted octanol–water partition coefficient (Wildman–Crippen LogP) is 3.91. The van der Waals surface area contributed by atoms with E-state index in [9.17, 15) is 18.0 Å². The van der Waals surface area contributed by atoms with Crippen molar-refractivity contribution in [3.05, 3.63) is 59.7 Å². The van der Waals surface area contributed by atoms with Gasteiger partial charge < -0.3 is 15.4 Å². The number of carbonyl (C=O) groups is 1. The number of anilines is 1. The van der Waals surface area contributed by atoms with Gasteiger partial charge in [-0.1, -0.05) is 24.3 Å². The number of benzene rings is 2. The smallest absolute Gasteiger partial charge is 0.406 e. The molecule has 1 unspecified atom stereocenters. The van der Waals surface area contributed by atoms with Crippen molar-refractivity contribution in [1.82, 2.24) is 5.32 Å². The summed E-state index contributed by atoms with van der Waals surface area (Å²) in [7, 11) is 0. The number of hydrogen-bond acceptors (Lipinski definition) is 3. The van der Waals surface area contributed by atoms with Crippen LogP contribution in [0.15, 0.2) is 48.5 Å². The van der Waals surface area contributed by atoms with E-state index in [0.29, 0.717) is 5.56 Å². The van der Waals surface area contributed by atoms with Crippen LogP contribution in [0.5, 0.6) is 5.75 Å². The van der Waals surface area contributed by atoms with Crippen molar-refractivity contribution >= 4 is 11.6 Å². The molecule has 0 spiro atoms. The van der Waals surface area contributed by atoms with Crippen molar-refractivity contribution in [3.63, 3.8) is 0 Å². The van der Waals surface area contributed by atoms with Crippen LogP contribution in [0.2, 0.25) is 0 Å². The zero-order chi connectivity index (χ0) is 17.9. The minimum atomic E-state index is -4.77. The summed E-state index contributed by atoms with van der Waals surface area (Å²) in [6, 6.07) is 12.5. The Kier molecular flexibility index (Phi) is 4.94. The van der Waals surface area contributed by atoms with Gasteiger partial charge in [-0.15, -0.1) is 13.2 Å². The average Bonchev–Trinajstić information content (AvgIpc) is 3.08.